The fraction of sp³-hybridized carbons (Fsp3) is 0.706. The molecule has 2 fully saturated rings. The Balaban J connectivity index is 1.31. The maximum atomic E-state index is 11.6. The zero-order valence-electron chi connectivity index (χ0n) is 15.9. The van der Waals surface area contributed by atoms with Crippen LogP contribution < -0.4 is 0 Å². The molecule has 0 radical (unpaired) electrons. The number of rotatable bonds is 5. The van der Waals surface area contributed by atoms with Crippen LogP contribution in [-0.4, -0.2) is 65.4 Å². The summed E-state index contributed by atoms with van der Waals surface area (Å²) in [6.45, 7) is 7.50. The molecule has 2 aliphatic heterocycles. The highest BCUT2D eigenvalue weighted by atomic mass is 32.2. The lowest BCUT2D eigenvalue weighted by Crippen LogP contribution is -2.44. The van der Waals surface area contributed by atoms with Crippen LogP contribution in [0, 0.1) is 13.8 Å². The van der Waals surface area contributed by atoms with Crippen LogP contribution in [-0.2, 0) is 16.6 Å². The van der Waals surface area contributed by atoms with Crippen molar-refractivity contribution in [3.05, 3.63) is 28.7 Å². The average Bonchev–Trinajstić information content (AvgIpc) is 3.18. The van der Waals surface area contributed by atoms with Crippen molar-refractivity contribution < 1.29 is 17.5 Å². The number of likely N-dealkylation sites (tertiary alicyclic amines) is 1. The predicted molar refractivity (Wildman–Crippen MR) is 96.7 cm³/mol. The molecule has 2 aromatic heterocycles. The summed E-state index contributed by atoms with van der Waals surface area (Å²) < 4.78 is 35.5. The predicted octanol–water partition coefficient (Wildman–Crippen LogP) is 1.41. The van der Waals surface area contributed by atoms with Gasteiger partial charge in [-0.15, -0.1) is 0 Å². The van der Waals surface area contributed by atoms with E-state index >= 15 is 0 Å². The van der Waals surface area contributed by atoms with Gasteiger partial charge in [-0.25, -0.2) is 12.7 Å². The van der Waals surface area contributed by atoms with Crippen molar-refractivity contribution in [1.82, 2.24) is 24.5 Å². The molecule has 4 rings (SSSR count). The molecule has 0 bridgehead atoms. The van der Waals surface area contributed by atoms with E-state index in [1.807, 2.05) is 13.8 Å². The van der Waals surface area contributed by atoms with Crippen LogP contribution in [0.2, 0.25) is 0 Å². The Bertz CT molecular complexity index is 888. The summed E-state index contributed by atoms with van der Waals surface area (Å²) in [7, 11) is -3.12. The summed E-state index contributed by atoms with van der Waals surface area (Å²) in [5.41, 5.74) is 2.09. The zero-order chi connectivity index (χ0) is 19.2. The largest absolute Gasteiger partial charge is 0.361 e. The highest BCUT2D eigenvalue weighted by molar-refractivity contribution is 7.88. The van der Waals surface area contributed by atoms with Gasteiger partial charge in [-0.3, -0.25) is 4.90 Å². The number of aryl methyl sites for hydroxylation is 2. The van der Waals surface area contributed by atoms with Crippen LogP contribution in [0.5, 0.6) is 0 Å². The Morgan fingerprint density at radius 2 is 1.78 bits per heavy atom. The Hall–Kier alpha value is -1.78. The molecule has 0 atom stereocenters. The molecule has 2 aromatic rings. The van der Waals surface area contributed by atoms with Crippen molar-refractivity contribution in [1.29, 1.82) is 0 Å². The van der Waals surface area contributed by atoms with Crippen LogP contribution in [0.15, 0.2) is 9.05 Å². The van der Waals surface area contributed by atoms with E-state index in [2.05, 4.69) is 20.2 Å². The van der Waals surface area contributed by atoms with Gasteiger partial charge in [-0.1, -0.05) is 10.3 Å². The van der Waals surface area contributed by atoms with E-state index in [-0.39, 0.29) is 11.8 Å². The lowest BCUT2D eigenvalue weighted by molar-refractivity contribution is 0.116. The lowest BCUT2D eigenvalue weighted by Gasteiger charge is -2.36. The van der Waals surface area contributed by atoms with Crippen molar-refractivity contribution in [3.8, 4) is 0 Å². The van der Waals surface area contributed by atoms with E-state index in [4.69, 9.17) is 9.05 Å². The summed E-state index contributed by atoms with van der Waals surface area (Å²) in [5, 5.41) is 8.16. The van der Waals surface area contributed by atoms with Crippen LogP contribution in [0.4, 0.5) is 0 Å². The highest BCUT2D eigenvalue weighted by Crippen LogP contribution is 2.31. The third kappa shape index (κ3) is 3.78. The third-order valence-corrected chi connectivity index (χ3v) is 6.92. The first kappa shape index (κ1) is 18.6. The van der Waals surface area contributed by atoms with Gasteiger partial charge in [-0.05, 0) is 26.7 Å². The zero-order valence-corrected chi connectivity index (χ0v) is 16.7. The summed E-state index contributed by atoms with van der Waals surface area (Å²) >= 11 is 0. The quantitative estimate of drug-likeness (QED) is 0.748. The molecule has 0 unspecified atom stereocenters. The van der Waals surface area contributed by atoms with Gasteiger partial charge >= 0.3 is 0 Å². The number of hydrogen-bond donors (Lipinski definition) is 0. The van der Waals surface area contributed by atoms with Gasteiger partial charge in [0.25, 0.3) is 0 Å². The molecule has 27 heavy (non-hydrogen) atoms. The minimum absolute atomic E-state index is 0.166. The van der Waals surface area contributed by atoms with Crippen LogP contribution in [0.3, 0.4) is 0 Å². The van der Waals surface area contributed by atoms with Crippen LogP contribution >= 0.6 is 0 Å². The number of nitrogens with zero attached hydrogens (tertiary/aromatic N) is 5. The van der Waals surface area contributed by atoms with Crippen molar-refractivity contribution >= 4 is 10.0 Å². The molecular weight excluding hydrogens is 370 g/mol. The molecule has 0 amide bonds. The second kappa shape index (κ2) is 6.99. The summed E-state index contributed by atoms with van der Waals surface area (Å²) in [4.78, 5) is 6.92. The van der Waals surface area contributed by atoms with E-state index in [9.17, 15) is 8.42 Å². The van der Waals surface area contributed by atoms with Gasteiger partial charge < -0.3 is 9.05 Å². The first-order valence-electron chi connectivity index (χ1n) is 9.24. The lowest BCUT2D eigenvalue weighted by atomic mass is 9.96. The summed E-state index contributed by atoms with van der Waals surface area (Å²) in [6, 6.07) is 0. The van der Waals surface area contributed by atoms with E-state index in [1.54, 1.807) is 0 Å². The fourth-order valence-corrected chi connectivity index (χ4v) is 4.71. The molecular formula is C17H25N5O4S. The van der Waals surface area contributed by atoms with E-state index in [0.29, 0.717) is 24.8 Å². The van der Waals surface area contributed by atoms with E-state index in [0.717, 1.165) is 49.5 Å². The topological polar surface area (TPSA) is 106 Å². The van der Waals surface area contributed by atoms with Gasteiger partial charge in [0.2, 0.25) is 15.9 Å². The molecule has 10 heteroatoms. The highest BCUT2D eigenvalue weighted by Gasteiger charge is 2.35. The van der Waals surface area contributed by atoms with E-state index < -0.39 is 10.0 Å². The molecule has 2 aliphatic rings. The van der Waals surface area contributed by atoms with E-state index in [1.165, 1.54) is 10.6 Å². The summed E-state index contributed by atoms with van der Waals surface area (Å²) in [5.74, 6) is 2.69. The number of piperidine rings is 1. The Labute approximate surface area is 158 Å². The van der Waals surface area contributed by atoms with Crippen LogP contribution in [0.25, 0.3) is 0 Å². The van der Waals surface area contributed by atoms with Gasteiger partial charge in [0.05, 0.1) is 17.9 Å². The van der Waals surface area contributed by atoms with Crippen molar-refractivity contribution in [3.63, 3.8) is 0 Å². The molecule has 0 aliphatic carbocycles. The molecule has 0 aromatic carbocycles. The molecule has 0 spiro atoms. The minimum atomic E-state index is -3.12. The standard InChI is InChI=1S/C17H25N5O4S/c1-11-15(12(2)25-19-11)10-21-8-14(9-21)17-18-16(20-26-17)13-4-6-22(7-5-13)27(3,23)24/h13-14H,4-10H2,1-3H3. The molecule has 4 heterocycles. The number of hydrogen-bond acceptors (Lipinski definition) is 8. The summed E-state index contributed by atoms with van der Waals surface area (Å²) in [6.07, 6.45) is 2.72. The average molecular weight is 395 g/mol. The molecule has 0 saturated carbocycles. The second-order valence-electron chi connectivity index (χ2n) is 7.62. The number of aromatic nitrogens is 3. The minimum Gasteiger partial charge on any atom is -0.361 e. The number of sulfonamides is 1. The van der Waals surface area contributed by atoms with Gasteiger partial charge in [0.15, 0.2) is 5.82 Å². The smallest absolute Gasteiger partial charge is 0.232 e. The maximum absolute atomic E-state index is 11.6. The first-order chi connectivity index (χ1) is 12.8. The Kier molecular flexibility index (Phi) is 4.81. The molecule has 0 N–H and O–H groups in total. The van der Waals surface area contributed by atoms with Gasteiger partial charge in [0, 0.05) is 44.2 Å². The maximum Gasteiger partial charge on any atom is 0.232 e. The van der Waals surface area contributed by atoms with Crippen molar-refractivity contribution in [2.75, 3.05) is 32.4 Å². The molecule has 9 nitrogen and oxygen atoms in total. The van der Waals surface area contributed by atoms with Gasteiger partial charge in [-0.2, -0.15) is 4.98 Å². The normalized spacial score (nSPS) is 20.9. The third-order valence-electron chi connectivity index (χ3n) is 5.61. The van der Waals surface area contributed by atoms with Crippen molar-refractivity contribution in [2.24, 2.45) is 0 Å². The Morgan fingerprint density at radius 1 is 1.07 bits per heavy atom. The van der Waals surface area contributed by atoms with Crippen molar-refractivity contribution in [2.45, 2.75) is 45.1 Å². The monoisotopic (exact) mass is 395 g/mol. The molecule has 2 saturated heterocycles. The van der Waals surface area contributed by atoms with Crippen LogP contribution in [0.1, 0.15) is 53.4 Å². The Morgan fingerprint density at radius 3 is 2.37 bits per heavy atom. The van der Waals surface area contributed by atoms with Gasteiger partial charge in [0.1, 0.15) is 5.76 Å². The first-order valence-corrected chi connectivity index (χ1v) is 11.1. The second-order valence-corrected chi connectivity index (χ2v) is 9.60. The fourth-order valence-electron chi connectivity index (χ4n) is 3.83. The molecule has 148 valence electrons. The SMILES string of the molecule is Cc1noc(C)c1CN1CC(c2nc(C3CCN(S(C)(=O)=O)CC3)no2)C1.